The molecule has 51 heavy (non-hydrogen) atoms. The van der Waals surface area contributed by atoms with E-state index < -0.39 is 0 Å². The third-order valence-electron chi connectivity index (χ3n) is 9.50. The molecule has 0 aliphatic rings. The van der Waals surface area contributed by atoms with Gasteiger partial charge in [-0.05, 0) is 107 Å². The molecule has 0 saturated heterocycles. The highest BCUT2D eigenvalue weighted by atomic mass is 32.1. The van der Waals surface area contributed by atoms with Crippen molar-refractivity contribution in [2.24, 2.45) is 0 Å². The maximum absolute atomic E-state index is 9.46. The number of benzene rings is 7. The molecule has 0 aliphatic carbocycles. The van der Waals surface area contributed by atoms with Gasteiger partial charge in [-0.25, -0.2) is 9.97 Å². The minimum absolute atomic E-state index is 0.640. The summed E-state index contributed by atoms with van der Waals surface area (Å²) in [5.41, 5.74) is 12.8. The molecule has 10 rings (SSSR count). The smallest absolute Gasteiger partial charge is 0.124 e. The topological polar surface area (TPSA) is 54.5 Å². The summed E-state index contributed by atoms with van der Waals surface area (Å²) in [4.78, 5) is 10.2. The normalized spacial score (nSPS) is 11.5. The van der Waals surface area contributed by atoms with Crippen molar-refractivity contribution in [2.75, 3.05) is 0 Å². The van der Waals surface area contributed by atoms with E-state index in [0.29, 0.717) is 5.56 Å². The highest BCUT2D eigenvalue weighted by Crippen LogP contribution is 2.41. The highest BCUT2D eigenvalue weighted by molar-refractivity contribution is 7.22. The molecule has 0 fully saturated rings. The molecule has 0 saturated carbocycles. The number of thiazole rings is 2. The summed E-state index contributed by atoms with van der Waals surface area (Å²) >= 11 is 3.45. The van der Waals surface area contributed by atoms with Crippen molar-refractivity contribution in [3.63, 3.8) is 0 Å². The van der Waals surface area contributed by atoms with E-state index in [-0.39, 0.29) is 0 Å². The molecule has 0 unspecified atom stereocenters. The van der Waals surface area contributed by atoms with Crippen molar-refractivity contribution in [1.29, 1.82) is 5.26 Å². The molecule has 3 aromatic heterocycles. The van der Waals surface area contributed by atoms with E-state index >= 15 is 0 Å². The summed E-state index contributed by atoms with van der Waals surface area (Å²) in [6.45, 7) is 0. The van der Waals surface area contributed by atoms with Crippen LogP contribution in [-0.2, 0) is 0 Å². The Balaban J connectivity index is 1.12. The lowest BCUT2D eigenvalue weighted by molar-refractivity contribution is 1.18. The highest BCUT2D eigenvalue weighted by Gasteiger charge is 2.17. The zero-order valence-corrected chi connectivity index (χ0v) is 28.7. The third-order valence-corrected chi connectivity index (χ3v) is 11.6. The Bertz CT molecular complexity index is 2790. The number of aromatic nitrogens is 3. The molecule has 4 nitrogen and oxygen atoms in total. The summed E-state index contributed by atoms with van der Waals surface area (Å²) in [7, 11) is 0. The molecule has 0 radical (unpaired) electrons. The predicted molar refractivity (Wildman–Crippen MR) is 214 cm³/mol. The van der Waals surface area contributed by atoms with Gasteiger partial charge >= 0.3 is 0 Å². The Kier molecular flexibility index (Phi) is 6.88. The lowest BCUT2D eigenvalue weighted by Gasteiger charge is -2.08. The van der Waals surface area contributed by atoms with Crippen molar-refractivity contribution in [2.45, 2.75) is 0 Å². The molecule has 0 amide bonds. The van der Waals surface area contributed by atoms with Crippen LogP contribution in [0.4, 0.5) is 0 Å². The van der Waals surface area contributed by atoms with Gasteiger partial charge in [-0.15, -0.1) is 22.7 Å². The summed E-state index contributed by atoms with van der Waals surface area (Å²) < 4.78 is 4.62. The van der Waals surface area contributed by atoms with Gasteiger partial charge in [-0.3, -0.25) is 0 Å². The fourth-order valence-electron chi connectivity index (χ4n) is 6.97. The van der Waals surface area contributed by atoms with Gasteiger partial charge in [0.1, 0.15) is 10.0 Å². The Morgan fingerprint density at radius 1 is 0.451 bits per heavy atom. The maximum Gasteiger partial charge on any atom is 0.124 e. The second-order valence-corrected chi connectivity index (χ2v) is 14.7. The van der Waals surface area contributed by atoms with Crippen LogP contribution >= 0.6 is 22.7 Å². The molecule has 0 bridgehead atoms. The summed E-state index contributed by atoms with van der Waals surface area (Å²) in [6.07, 6.45) is 0. The van der Waals surface area contributed by atoms with Crippen molar-refractivity contribution >= 4 is 64.9 Å². The van der Waals surface area contributed by atoms with E-state index in [9.17, 15) is 5.26 Å². The van der Waals surface area contributed by atoms with E-state index in [1.54, 1.807) is 22.7 Å². The van der Waals surface area contributed by atoms with Gasteiger partial charge in [0, 0.05) is 27.6 Å². The van der Waals surface area contributed by atoms with Crippen LogP contribution in [0.25, 0.3) is 91.3 Å². The minimum Gasteiger partial charge on any atom is -0.309 e. The lowest BCUT2D eigenvalue weighted by atomic mass is 10.1. The molecule has 0 atom stereocenters. The fourth-order valence-corrected chi connectivity index (χ4v) is 8.97. The number of nitriles is 1. The van der Waals surface area contributed by atoms with Crippen LogP contribution in [0.5, 0.6) is 0 Å². The molecule has 3 heterocycles. The summed E-state index contributed by atoms with van der Waals surface area (Å²) in [5.74, 6) is 0. The summed E-state index contributed by atoms with van der Waals surface area (Å²) in [5, 5.41) is 13.7. The Morgan fingerprint density at radius 3 is 1.39 bits per heavy atom. The van der Waals surface area contributed by atoms with Crippen LogP contribution in [0.15, 0.2) is 158 Å². The zero-order chi connectivity index (χ0) is 33.9. The summed E-state index contributed by atoms with van der Waals surface area (Å²) in [6, 6.07) is 57.4. The first-order valence-electron chi connectivity index (χ1n) is 16.7. The molecular formula is C45H26N4S2. The molecule has 6 heteroatoms. The van der Waals surface area contributed by atoms with Crippen molar-refractivity contribution in [3.8, 4) is 55.2 Å². The average molecular weight is 687 g/mol. The first-order valence-corrected chi connectivity index (χ1v) is 18.3. The molecule has 7 aromatic carbocycles. The Morgan fingerprint density at radius 2 is 0.922 bits per heavy atom. The first kappa shape index (κ1) is 29.5. The number of hydrogen-bond acceptors (Lipinski definition) is 5. The van der Waals surface area contributed by atoms with Crippen molar-refractivity contribution in [3.05, 3.63) is 163 Å². The second kappa shape index (κ2) is 11.9. The van der Waals surface area contributed by atoms with Crippen LogP contribution in [0.1, 0.15) is 5.56 Å². The number of fused-ring (bicyclic) bond motifs is 5. The van der Waals surface area contributed by atoms with Gasteiger partial charge in [-0.2, -0.15) is 5.26 Å². The predicted octanol–water partition coefficient (Wildman–Crippen LogP) is 12.5. The standard InChI is InChI=1S/C45H26N4S2/c46-27-28-11-17-35(18-12-28)49-40-21-15-33(44-47-38-19-13-31(25-42(38)50-44)29-7-3-1-4-8-29)23-36(40)37-24-34(16-22-41(37)49)45-48-39-20-14-32(26-43(39)51-45)30-9-5-2-6-10-30/h1-26H. The van der Waals surface area contributed by atoms with Gasteiger partial charge in [0.2, 0.25) is 0 Å². The van der Waals surface area contributed by atoms with Gasteiger partial charge in [0.05, 0.1) is 43.1 Å². The largest absolute Gasteiger partial charge is 0.309 e. The van der Waals surface area contributed by atoms with E-state index in [0.717, 1.165) is 59.7 Å². The first-order chi connectivity index (χ1) is 25.2. The van der Waals surface area contributed by atoms with Crippen LogP contribution in [0.3, 0.4) is 0 Å². The molecule has 0 aliphatic heterocycles. The average Bonchev–Trinajstić information content (AvgIpc) is 3.91. The zero-order valence-electron chi connectivity index (χ0n) is 27.1. The van der Waals surface area contributed by atoms with Crippen LogP contribution in [-0.4, -0.2) is 14.5 Å². The van der Waals surface area contributed by atoms with Crippen LogP contribution in [0, 0.1) is 11.3 Å². The van der Waals surface area contributed by atoms with E-state index in [2.05, 4.69) is 132 Å². The molecule has 238 valence electrons. The lowest BCUT2D eigenvalue weighted by Crippen LogP contribution is -1.93. The van der Waals surface area contributed by atoms with Crippen LogP contribution in [0.2, 0.25) is 0 Å². The van der Waals surface area contributed by atoms with Gasteiger partial charge in [0.15, 0.2) is 0 Å². The SMILES string of the molecule is N#Cc1ccc(-n2c3ccc(-c4nc5ccc(-c6ccccc6)cc5s4)cc3c3cc(-c4nc5ccc(-c6ccccc6)cc5s4)ccc32)cc1. The van der Waals surface area contributed by atoms with E-state index in [1.165, 1.54) is 31.7 Å². The van der Waals surface area contributed by atoms with Crippen molar-refractivity contribution < 1.29 is 0 Å². The van der Waals surface area contributed by atoms with Crippen LogP contribution < -0.4 is 0 Å². The van der Waals surface area contributed by atoms with Gasteiger partial charge in [-0.1, -0.05) is 72.8 Å². The number of nitrogens with zero attached hydrogens (tertiary/aromatic N) is 4. The second-order valence-electron chi connectivity index (χ2n) is 12.6. The maximum atomic E-state index is 9.46. The molecule has 0 spiro atoms. The van der Waals surface area contributed by atoms with Gasteiger partial charge < -0.3 is 4.57 Å². The van der Waals surface area contributed by atoms with E-state index in [4.69, 9.17) is 9.97 Å². The molecule has 10 aromatic rings. The fraction of sp³-hybridized carbons (Fsp3) is 0. The monoisotopic (exact) mass is 686 g/mol. The Labute approximate surface area is 301 Å². The quantitative estimate of drug-likeness (QED) is 0.181. The number of rotatable bonds is 5. The third kappa shape index (κ3) is 5.11. The van der Waals surface area contributed by atoms with Gasteiger partial charge in [0.25, 0.3) is 0 Å². The molecule has 0 N–H and O–H groups in total. The minimum atomic E-state index is 0.640. The van der Waals surface area contributed by atoms with Crippen molar-refractivity contribution in [1.82, 2.24) is 14.5 Å². The molecular weight excluding hydrogens is 661 g/mol. The van der Waals surface area contributed by atoms with E-state index in [1.807, 2.05) is 36.4 Å². The number of hydrogen-bond donors (Lipinski definition) is 0. The Hall–Kier alpha value is -6.39.